The van der Waals surface area contributed by atoms with E-state index in [0.717, 1.165) is 5.56 Å². The number of ether oxygens (including phenoxy) is 1. The van der Waals surface area contributed by atoms with E-state index in [1.165, 1.54) is 6.20 Å². The third-order valence-electron chi connectivity index (χ3n) is 4.18. The van der Waals surface area contributed by atoms with Gasteiger partial charge in [-0.05, 0) is 32.0 Å². The molecule has 3 aromatic heterocycles. The summed E-state index contributed by atoms with van der Waals surface area (Å²) in [5.41, 5.74) is 2.72. The molecule has 0 saturated carbocycles. The number of carbonyl (C=O) groups excluding carboxylic acids is 2. The van der Waals surface area contributed by atoms with Crippen LogP contribution in [0.3, 0.4) is 0 Å². The van der Waals surface area contributed by atoms with Crippen LogP contribution in [-0.4, -0.2) is 38.4 Å². The number of aryl methyl sites for hydroxylation is 1. The number of hydrogen-bond acceptors (Lipinski definition) is 7. The fourth-order valence-electron chi connectivity index (χ4n) is 2.92. The van der Waals surface area contributed by atoms with Crippen LogP contribution in [0, 0.1) is 6.92 Å². The molecule has 3 heterocycles. The lowest BCUT2D eigenvalue weighted by Gasteiger charge is -2.09. The maximum Gasteiger partial charge on any atom is 0.343 e. The molecule has 152 valence electrons. The van der Waals surface area contributed by atoms with Gasteiger partial charge in [-0.15, -0.1) is 0 Å². The third kappa shape index (κ3) is 3.83. The Kier molecular flexibility index (Phi) is 5.12. The predicted octanol–water partition coefficient (Wildman–Crippen LogP) is 3.51. The number of aromatic nitrogens is 4. The van der Waals surface area contributed by atoms with Crippen molar-refractivity contribution >= 4 is 29.2 Å². The minimum atomic E-state index is -0.479. The Morgan fingerprint density at radius 1 is 1.20 bits per heavy atom. The second kappa shape index (κ2) is 8.03. The number of nitrogens with one attached hydrogen (secondary N) is 2. The van der Waals surface area contributed by atoms with E-state index in [9.17, 15) is 9.59 Å². The van der Waals surface area contributed by atoms with Crippen LogP contribution >= 0.6 is 0 Å². The summed E-state index contributed by atoms with van der Waals surface area (Å²) >= 11 is 0. The van der Waals surface area contributed by atoms with Crippen molar-refractivity contribution in [1.82, 2.24) is 19.8 Å². The number of benzene rings is 1. The van der Waals surface area contributed by atoms with Gasteiger partial charge in [0.2, 0.25) is 0 Å². The number of fused-ring (bicyclic) bond motifs is 1. The Bertz CT molecular complexity index is 1230. The highest BCUT2D eigenvalue weighted by atomic mass is 16.5. The quantitative estimate of drug-likeness (QED) is 0.486. The summed E-state index contributed by atoms with van der Waals surface area (Å²) in [7, 11) is 0. The first kappa shape index (κ1) is 19.1. The van der Waals surface area contributed by atoms with Crippen molar-refractivity contribution in [2.75, 3.05) is 17.2 Å². The second-order valence-electron chi connectivity index (χ2n) is 6.33. The average molecular weight is 406 g/mol. The monoisotopic (exact) mass is 406 g/mol. The topological polar surface area (TPSA) is 124 Å². The first-order valence-electron chi connectivity index (χ1n) is 9.17. The van der Waals surface area contributed by atoms with Gasteiger partial charge in [-0.3, -0.25) is 5.32 Å². The largest absolute Gasteiger partial charge is 0.462 e. The van der Waals surface area contributed by atoms with E-state index in [2.05, 4.69) is 25.9 Å². The molecule has 0 radical (unpaired) electrons. The van der Waals surface area contributed by atoms with Gasteiger partial charge in [-0.2, -0.15) is 5.10 Å². The highest BCUT2D eigenvalue weighted by Crippen LogP contribution is 2.24. The van der Waals surface area contributed by atoms with Crippen molar-refractivity contribution in [2.24, 2.45) is 0 Å². The molecule has 10 heteroatoms. The second-order valence-corrected chi connectivity index (χ2v) is 6.33. The molecule has 1 aromatic carbocycles. The van der Waals surface area contributed by atoms with E-state index in [-0.39, 0.29) is 12.2 Å². The fraction of sp³-hybridized carbons (Fsp3) is 0.150. The lowest BCUT2D eigenvalue weighted by molar-refractivity contribution is 0.0528. The van der Waals surface area contributed by atoms with Crippen LogP contribution in [0.1, 0.15) is 23.0 Å². The van der Waals surface area contributed by atoms with Crippen molar-refractivity contribution < 1.29 is 18.8 Å². The van der Waals surface area contributed by atoms with Crippen molar-refractivity contribution in [3.05, 3.63) is 60.1 Å². The summed E-state index contributed by atoms with van der Waals surface area (Å²) in [6.45, 7) is 3.73. The summed E-state index contributed by atoms with van der Waals surface area (Å²) < 4.78 is 11.5. The highest BCUT2D eigenvalue weighted by molar-refractivity contribution is 5.99. The standard InChI is InChI=1S/C20H18N6O4/c1-3-29-19(27)15-11-22-26-16(7-8-21-18(15)26)13-5-4-6-14(10-13)23-20(28)24-17-9-12(2)30-25-17/h4-11H,3H2,1-2H3,(H2,23,24,25,28). The van der Waals surface area contributed by atoms with Crippen LogP contribution in [0.5, 0.6) is 0 Å². The van der Waals surface area contributed by atoms with Crippen LogP contribution in [0.15, 0.2) is 53.3 Å². The Hall–Kier alpha value is -4.21. The Balaban J connectivity index is 1.60. The van der Waals surface area contributed by atoms with Crippen LogP contribution in [-0.2, 0) is 4.74 Å². The summed E-state index contributed by atoms with van der Waals surface area (Å²) in [5.74, 6) is 0.433. The molecule has 0 saturated heterocycles. The highest BCUT2D eigenvalue weighted by Gasteiger charge is 2.17. The van der Waals surface area contributed by atoms with Gasteiger partial charge < -0.3 is 14.6 Å². The van der Waals surface area contributed by atoms with Crippen LogP contribution in [0.25, 0.3) is 16.9 Å². The van der Waals surface area contributed by atoms with Gasteiger partial charge in [-0.25, -0.2) is 19.1 Å². The summed E-state index contributed by atoms with van der Waals surface area (Å²) in [6.07, 6.45) is 3.02. The molecule has 10 nitrogen and oxygen atoms in total. The molecule has 4 aromatic rings. The van der Waals surface area contributed by atoms with E-state index in [0.29, 0.717) is 28.6 Å². The molecular formula is C20H18N6O4. The van der Waals surface area contributed by atoms with E-state index >= 15 is 0 Å². The van der Waals surface area contributed by atoms with Gasteiger partial charge in [0.15, 0.2) is 11.5 Å². The number of amides is 2. The molecule has 4 rings (SSSR count). The maximum atomic E-state index is 12.2. The molecule has 2 amide bonds. The summed E-state index contributed by atoms with van der Waals surface area (Å²) in [6, 6.07) is 10.1. The van der Waals surface area contributed by atoms with Gasteiger partial charge in [-0.1, -0.05) is 17.3 Å². The number of urea groups is 1. The van der Waals surface area contributed by atoms with Gasteiger partial charge in [0.05, 0.1) is 18.5 Å². The third-order valence-corrected chi connectivity index (χ3v) is 4.18. The Labute approximate surface area is 170 Å². The lowest BCUT2D eigenvalue weighted by atomic mass is 10.1. The van der Waals surface area contributed by atoms with E-state index in [1.54, 1.807) is 54.9 Å². The minimum Gasteiger partial charge on any atom is -0.462 e. The molecule has 0 fully saturated rings. The van der Waals surface area contributed by atoms with E-state index < -0.39 is 12.0 Å². The molecule has 0 spiro atoms. The van der Waals surface area contributed by atoms with Crippen molar-refractivity contribution in [1.29, 1.82) is 0 Å². The number of esters is 1. The zero-order chi connectivity index (χ0) is 21.1. The maximum absolute atomic E-state index is 12.2. The minimum absolute atomic E-state index is 0.263. The molecule has 0 unspecified atom stereocenters. The molecule has 0 aliphatic carbocycles. The normalized spacial score (nSPS) is 10.7. The first-order chi connectivity index (χ1) is 14.5. The van der Waals surface area contributed by atoms with Gasteiger partial charge in [0, 0.05) is 23.5 Å². The lowest BCUT2D eigenvalue weighted by Crippen LogP contribution is -2.19. The molecule has 0 aliphatic rings. The number of anilines is 2. The first-order valence-corrected chi connectivity index (χ1v) is 9.17. The number of hydrogen-bond donors (Lipinski definition) is 2. The molecule has 2 N–H and O–H groups in total. The smallest absolute Gasteiger partial charge is 0.343 e. The summed E-state index contributed by atoms with van der Waals surface area (Å²) in [5, 5.41) is 13.3. The number of carbonyl (C=O) groups is 2. The van der Waals surface area contributed by atoms with Crippen LogP contribution in [0.4, 0.5) is 16.3 Å². The number of nitrogens with zero attached hydrogens (tertiary/aromatic N) is 4. The Morgan fingerprint density at radius 3 is 2.83 bits per heavy atom. The van der Waals surface area contributed by atoms with Crippen molar-refractivity contribution in [3.63, 3.8) is 0 Å². The van der Waals surface area contributed by atoms with Gasteiger partial charge in [0.25, 0.3) is 0 Å². The zero-order valence-electron chi connectivity index (χ0n) is 16.2. The van der Waals surface area contributed by atoms with Gasteiger partial charge in [0.1, 0.15) is 11.3 Å². The van der Waals surface area contributed by atoms with Crippen LogP contribution < -0.4 is 10.6 Å². The van der Waals surface area contributed by atoms with E-state index in [1.807, 2.05) is 6.07 Å². The molecule has 0 aliphatic heterocycles. The van der Waals surface area contributed by atoms with Gasteiger partial charge >= 0.3 is 12.0 Å². The average Bonchev–Trinajstić information content (AvgIpc) is 3.34. The molecule has 0 bridgehead atoms. The summed E-state index contributed by atoms with van der Waals surface area (Å²) in [4.78, 5) is 28.6. The van der Waals surface area contributed by atoms with Crippen molar-refractivity contribution in [2.45, 2.75) is 13.8 Å². The molecular weight excluding hydrogens is 388 g/mol. The fourth-order valence-corrected chi connectivity index (χ4v) is 2.92. The Morgan fingerprint density at radius 2 is 2.07 bits per heavy atom. The predicted molar refractivity (Wildman–Crippen MR) is 108 cm³/mol. The number of rotatable bonds is 5. The van der Waals surface area contributed by atoms with Crippen molar-refractivity contribution in [3.8, 4) is 11.3 Å². The van der Waals surface area contributed by atoms with E-state index in [4.69, 9.17) is 9.26 Å². The van der Waals surface area contributed by atoms with Crippen LogP contribution in [0.2, 0.25) is 0 Å². The zero-order valence-corrected chi connectivity index (χ0v) is 16.2. The molecule has 30 heavy (non-hydrogen) atoms. The SMILES string of the molecule is CCOC(=O)c1cnn2c(-c3cccc(NC(=O)Nc4cc(C)on4)c3)ccnc12. The molecule has 0 atom stereocenters.